The van der Waals surface area contributed by atoms with Gasteiger partial charge in [-0.15, -0.1) is 0 Å². The van der Waals surface area contributed by atoms with Crippen LogP contribution in [0.25, 0.3) is 0 Å². The summed E-state index contributed by atoms with van der Waals surface area (Å²) >= 11 is 5.77. The first-order valence-electron chi connectivity index (χ1n) is 6.05. The molecule has 0 amide bonds. The summed E-state index contributed by atoms with van der Waals surface area (Å²) in [5, 5.41) is 3.55. The fourth-order valence-electron chi connectivity index (χ4n) is 1.72. The molecule has 0 radical (unpaired) electrons. The molecule has 0 unspecified atom stereocenters. The molecule has 2 rings (SSSR count). The average molecular weight is 290 g/mol. The molecule has 4 heteroatoms. The Kier molecular flexibility index (Phi) is 4.53. The Morgan fingerprint density at radius 3 is 2.55 bits per heavy atom. The van der Waals surface area contributed by atoms with E-state index in [1.807, 2.05) is 0 Å². The highest BCUT2D eigenvalue weighted by Crippen LogP contribution is 2.14. The van der Waals surface area contributed by atoms with Crippen LogP contribution in [0.5, 0.6) is 0 Å². The quantitative estimate of drug-likeness (QED) is 0.654. The number of hydrogen-bond acceptors (Lipinski definition) is 2. The topological polar surface area (TPSA) is 29.1 Å². The number of rotatable bonds is 4. The van der Waals surface area contributed by atoms with Crippen LogP contribution in [0, 0.1) is 5.82 Å². The van der Waals surface area contributed by atoms with Gasteiger partial charge >= 0.3 is 0 Å². The predicted molar refractivity (Wildman–Crippen MR) is 79.6 cm³/mol. The first kappa shape index (κ1) is 14.3. The van der Waals surface area contributed by atoms with E-state index < -0.39 is 0 Å². The summed E-state index contributed by atoms with van der Waals surface area (Å²) in [5.41, 5.74) is 1.79. The van der Waals surface area contributed by atoms with Crippen LogP contribution in [0.4, 0.5) is 10.1 Å². The molecule has 0 aliphatic rings. The van der Waals surface area contributed by atoms with Crippen LogP contribution in [0.15, 0.2) is 60.3 Å². The molecule has 0 aliphatic heterocycles. The van der Waals surface area contributed by atoms with Gasteiger partial charge in [-0.25, -0.2) is 4.39 Å². The van der Waals surface area contributed by atoms with Crippen LogP contribution in [0.3, 0.4) is 0 Å². The van der Waals surface area contributed by atoms with E-state index in [-0.39, 0.29) is 11.6 Å². The normalized spacial score (nSPS) is 11.2. The number of allylic oxidation sites excluding steroid dienone is 2. The Morgan fingerprint density at radius 1 is 1.20 bits per heavy atom. The van der Waals surface area contributed by atoms with Gasteiger partial charge in [0.1, 0.15) is 5.82 Å². The number of carbonyl (C=O) groups is 1. The predicted octanol–water partition coefficient (Wildman–Crippen LogP) is 4.68. The molecule has 102 valence electrons. The Hall–Kier alpha value is -2.13. The Balaban J connectivity index is 2.10. The summed E-state index contributed by atoms with van der Waals surface area (Å²) in [4.78, 5) is 12.0. The maximum Gasteiger partial charge on any atom is 0.187 e. The van der Waals surface area contributed by atoms with E-state index in [1.54, 1.807) is 43.3 Å². The lowest BCUT2D eigenvalue weighted by atomic mass is 10.1. The van der Waals surface area contributed by atoms with E-state index in [1.165, 1.54) is 18.2 Å². The van der Waals surface area contributed by atoms with Gasteiger partial charge in [-0.05, 0) is 49.4 Å². The van der Waals surface area contributed by atoms with Crippen molar-refractivity contribution in [2.24, 2.45) is 0 Å². The molecule has 0 saturated heterocycles. The first-order valence-corrected chi connectivity index (χ1v) is 6.43. The van der Waals surface area contributed by atoms with Crippen molar-refractivity contribution in [2.45, 2.75) is 6.92 Å². The smallest absolute Gasteiger partial charge is 0.187 e. The summed E-state index contributed by atoms with van der Waals surface area (Å²) in [6.45, 7) is 1.75. The van der Waals surface area contributed by atoms with Crippen molar-refractivity contribution in [3.8, 4) is 0 Å². The van der Waals surface area contributed by atoms with Crippen LogP contribution in [0.1, 0.15) is 17.3 Å². The van der Waals surface area contributed by atoms with Crippen LogP contribution in [-0.4, -0.2) is 5.78 Å². The number of benzene rings is 2. The largest absolute Gasteiger partial charge is 0.359 e. The minimum absolute atomic E-state index is 0.136. The minimum atomic E-state index is -0.327. The van der Waals surface area contributed by atoms with Crippen LogP contribution in [-0.2, 0) is 0 Å². The molecule has 2 aromatic carbocycles. The van der Waals surface area contributed by atoms with E-state index in [0.29, 0.717) is 22.0 Å². The highest BCUT2D eigenvalue weighted by molar-refractivity contribution is 6.30. The van der Waals surface area contributed by atoms with Crippen molar-refractivity contribution in [3.63, 3.8) is 0 Å². The minimum Gasteiger partial charge on any atom is -0.359 e. The van der Waals surface area contributed by atoms with Gasteiger partial charge in [-0.2, -0.15) is 0 Å². The van der Waals surface area contributed by atoms with Crippen LogP contribution >= 0.6 is 11.6 Å². The summed E-state index contributed by atoms with van der Waals surface area (Å²) in [5.74, 6) is -0.463. The van der Waals surface area contributed by atoms with Gasteiger partial charge in [0, 0.05) is 28.0 Å². The standard InChI is InChI=1S/C16H13ClFNO/c1-11(19-15-4-2-3-14(18)10-15)9-16(20)12-5-7-13(17)8-6-12/h2-10,19H,1H3. The highest BCUT2D eigenvalue weighted by atomic mass is 35.5. The molecule has 0 aromatic heterocycles. The maximum atomic E-state index is 13.0. The van der Waals surface area contributed by atoms with Gasteiger partial charge in [-0.3, -0.25) is 4.79 Å². The second kappa shape index (κ2) is 6.35. The number of carbonyl (C=O) groups excluding carboxylic acids is 1. The van der Waals surface area contributed by atoms with E-state index in [9.17, 15) is 9.18 Å². The fraction of sp³-hybridized carbons (Fsp3) is 0.0625. The fourth-order valence-corrected chi connectivity index (χ4v) is 1.85. The van der Waals surface area contributed by atoms with Crippen molar-refractivity contribution >= 4 is 23.1 Å². The molecule has 0 aliphatic carbocycles. The van der Waals surface area contributed by atoms with Crippen molar-refractivity contribution in [3.05, 3.63) is 76.7 Å². The summed E-state index contributed by atoms with van der Waals surface area (Å²) in [6, 6.07) is 12.7. The van der Waals surface area contributed by atoms with Crippen molar-refractivity contribution in [1.82, 2.24) is 0 Å². The van der Waals surface area contributed by atoms with E-state index in [0.717, 1.165) is 0 Å². The molecule has 0 atom stereocenters. The highest BCUT2D eigenvalue weighted by Gasteiger charge is 2.03. The first-order chi connectivity index (χ1) is 9.54. The van der Waals surface area contributed by atoms with E-state index in [4.69, 9.17) is 11.6 Å². The third-order valence-electron chi connectivity index (χ3n) is 2.64. The summed E-state index contributed by atoms with van der Waals surface area (Å²) < 4.78 is 13.0. The van der Waals surface area contributed by atoms with Gasteiger partial charge < -0.3 is 5.32 Å². The SMILES string of the molecule is CC(=CC(=O)c1ccc(Cl)cc1)Nc1cccc(F)c1. The summed E-state index contributed by atoms with van der Waals surface area (Å²) in [6.07, 6.45) is 1.47. The number of nitrogens with one attached hydrogen (secondary N) is 1. The molecular formula is C16H13ClFNO. The van der Waals surface area contributed by atoms with Crippen LogP contribution < -0.4 is 5.32 Å². The molecule has 2 aromatic rings. The Labute approximate surface area is 121 Å². The molecule has 0 fully saturated rings. The third-order valence-corrected chi connectivity index (χ3v) is 2.89. The Morgan fingerprint density at radius 2 is 1.90 bits per heavy atom. The van der Waals surface area contributed by atoms with Crippen molar-refractivity contribution in [1.29, 1.82) is 0 Å². The summed E-state index contributed by atoms with van der Waals surface area (Å²) in [7, 11) is 0. The van der Waals surface area contributed by atoms with Gasteiger partial charge in [0.25, 0.3) is 0 Å². The third kappa shape index (κ3) is 3.93. The van der Waals surface area contributed by atoms with E-state index in [2.05, 4.69) is 5.32 Å². The van der Waals surface area contributed by atoms with Crippen molar-refractivity contribution < 1.29 is 9.18 Å². The van der Waals surface area contributed by atoms with Crippen LogP contribution in [0.2, 0.25) is 5.02 Å². The molecule has 2 nitrogen and oxygen atoms in total. The average Bonchev–Trinajstić information content (AvgIpc) is 2.39. The number of hydrogen-bond donors (Lipinski definition) is 1. The lowest BCUT2D eigenvalue weighted by Gasteiger charge is -2.06. The Bertz CT molecular complexity index is 650. The number of ketones is 1. The second-order valence-corrected chi connectivity index (χ2v) is 4.77. The molecule has 0 saturated carbocycles. The molecule has 0 spiro atoms. The molecule has 0 heterocycles. The molecule has 1 N–H and O–H groups in total. The molecular weight excluding hydrogens is 277 g/mol. The zero-order valence-electron chi connectivity index (χ0n) is 10.9. The van der Waals surface area contributed by atoms with E-state index >= 15 is 0 Å². The zero-order chi connectivity index (χ0) is 14.5. The number of halogens is 2. The molecule has 0 bridgehead atoms. The lowest BCUT2D eigenvalue weighted by molar-refractivity contribution is 0.104. The monoisotopic (exact) mass is 289 g/mol. The molecule has 20 heavy (non-hydrogen) atoms. The lowest BCUT2D eigenvalue weighted by Crippen LogP contribution is -2.01. The van der Waals surface area contributed by atoms with Gasteiger partial charge in [0.15, 0.2) is 5.78 Å². The zero-order valence-corrected chi connectivity index (χ0v) is 11.6. The van der Waals surface area contributed by atoms with Gasteiger partial charge in [0.05, 0.1) is 0 Å². The maximum absolute atomic E-state index is 13.0. The second-order valence-electron chi connectivity index (χ2n) is 4.33. The number of anilines is 1. The van der Waals surface area contributed by atoms with Crippen molar-refractivity contribution in [2.75, 3.05) is 5.32 Å². The van der Waals surface area contributed by atoms with Gasteiger partial charge in [0.2, 0.25) is 0 Å². The van der Waals surface area contributed by atoms with Gasteiger partial charge in [-0.1, -0.05) is 17.7 Å².